The molecular weight excluding hydrogens is 538 g/mol. The van der Waals surface area contributed by atoms with Gasteiger partial charge in [-0.2, -0.15) is 18.2 Å². The summed E-state index contributed by atoms with van der Waals surface area (Å²) in [5.41, 5.74) is 0.649. The van der Waals surface area contributed by atoms with E-state index in [1.807, 2.05) is 6.92 Å². The van der Waals surface area contributed by atoms with Gasteiger partial charge in [0.05, 0.1) is 12.1 Å². The lowest BCUT2D eigenvalue weighted by Gasteiger charge is -2.22. The number of nitrogens with zero attached hydrogens (tertiary/aromatic N) is 3. The topological polar surface area (TPSA) is 68.5 Å². The number of benzene rings is 3. The van der Waals surface area contributed by atoms with Crippen molar-refractivity contribution < 1.29 is 31.6 Å². The zero-order chi connectivity index (χ0) is 29.9. The zero-order valence-electron chi connectivity index (χ0n) is 23.5. The molecule has 0 aliphatic rings. The quantitative estimate of drug-likeness (QED) is 0.161. The number of ether oxygens (including phenoxy) is 1. The van der Waals surface area contributed by atoms with Gasteiger partial charge < -0.3 is 9.26 Å². The van der Waals surface area contributed by atoms with E-state index in [0.29, 0.717) is 23.1 Å². The summed E-state index contributed by atoms with van der Waals surface area (Å²) in [4.78, 5) is 17.9. The van der Waals surface area contributed by atoms with Crippen LogP contribution in [0.2, 0.25) is 0 Å². The van der Waals surface area contributed by atoms with Crippen molar-refractivity contribution in [1.29, 1.82) is 0 Å². The van der Waals surface area contributed by atoms with E-state index in [1.54, 1.807) is 63.1 Å². The number of esters is 1. The summed E-state index contributed by atoms with van der Waals surface area (Å²) in [6.07, 6.45) is -4.04. The third-order valence-corrected chi connectivity index (χ3v) is 6.26. The smallest absolute Gasteiger partial charge is 0.417 e. The number of hydrogen-bond acceptors (Lipinski definition) is 6. The van der Waals surface area contributed by atoms with Crippen LogP contribution in [0.15, 0.2) is 65.2 Å². The molecule has 0 fully saturated rings. The van der Waals surface area contributed by atoms with Gasteiger partial charge in [-0.1, -0.05) is 54.5 Å². The molecule has 0 aliphatic carbocycles. The van der Waals surface area contributed by atoms with Crippen LogP contribution in [-0.4, -0.2) is 40.2 Å². The lowest BCUT2D eigenvalue weighted by molar-refractivity contribution is -0.155. The van der Waals surface area contributed by atoms with Crippen LogP contribution in [0.3, 0.4) is 0 Å². The van der Waals surface area contributed by atoms with E-state index in [-0.39, 0.29) is 35.9 Å². The van der Waals surface area contributed by atoms with Gasteiger partial charge in [0.2, 0.25) is 5.82 Å². The minimum atomic E-state index is -4.62. The van der Waals surface area contributed by atoms with Gasteiger partial charge >= 0.3 is 12.1 Å². The summed E-state index contributed by atoms with van der Waals surface area (Å²) in [7, 11) is 1.67. The maximum Gasteiger partial charge on any atom is 0.417 e. The fourth-order valence-corrected chi connectivity index (χ4v) is 4.45. The molecular formula is C31H31F4N3O3. The molecule has 0 N–H and O–H groups in total. The van der Waals surface area contributed by atoms with Gasteiger partial charge in [0.25, 0.3) is 5.89 Å². The summed E-state index contributed by atoms with van der Waals surface area (Å²) in [6, 6.07) is 15.2. The number of carbonyl (C=O) groups excluding carboxylic acids is 1. The Morgan fingerprint density at radius 2 is 1.66 bits per heavy atom. The van der Waals surface area contributed by atoms with E-state index in [9.17, 15) is 22.4 Å². The normalized spacial score (nSPS) is 12.1. The Balaban J connectivity index is 1.56. The summed E-state index contributed by atoms with van der Waals surface area (Å²) in [5.74, 6) is -1.07. The van der Waals surface area contributed by atoms with E-state index in [1.165, 1.54) is 24.3 Å². The van der Waals surface area contributed by atoms with E-state index in [2.05, 4.69) is 10.1 Å². The molecule has 0 radical (unpaired) electrons. The molecule has 0 aliphatic heterocycles. The molecule has 0 unspecified atom stereocenters. The first-order chi connectivity index (χ1) is 19.2. The molecule has 41 heavy (non-hydrogen) atoms. The van der Waals surface area contributed by atoms with Crippen LogP contribution < -0.4 is 0 Å². The van der Waals surface area contributed by atoms with Gasteiger partial charge in [0, 0.05) is 23.2 Å². The van der Waals surface area contributed by atoms with Crippen LogP contribution in [0, 0.1) is 5.82 Å². The van der Waals surface area contributed by atoms with Crippen LogP contribution in [0.4, 0.5) is 17.6 Å². The Hall–Kier alpha value is -4.05. The number of aromatic nitrogens is 2. The predicted molar refractivity (Wildman–Crippen MR) is 147 cm³/mol. The highest BCUT2D eigenvalue weighted by Crippen LogP contribution is 2.40. The van der Waals surface area contributed by atoms with Crippen molar-refractivity contribution in [2.45, 2.75) is 52.4 Å². The van der Waals surface area contributed by atoms with Crippen molar-refractivity contribution in [3.63, 3.8) is 0 Å². The fourth-order valence-electron chi connectivity index (χ4n) is 4.45. The molecule has 1 heterocycles. The Kier molecular flexibility index (Phi) is 8.63. The van der Waals surface area contributed by atoms with Crippen LogP contribution >= 0.6 is 0 Å². The Labute approximate surface area is 235 Å². The first-order valence-electron chi connectivity index (χ1n) is 13.1. The van der Waals surface area contributed by atoms with Gasteiger partial charge in [-0.3, -0.25) is 9.69 Å². The largest absolute Gasteiger partial charge is 0.459 e. The standard InChI is InChI=1S/C31H31F4N3O3/c1-6-19-9-7-8-10-23(19)24-14-13-21(15-25(24)31(33,34)35)29-36-28(37-41-29)20-11-12-22(26(32)16-20)17-38(5)18-27(39)40-30(2,3)4/h7-16H,6,17-18H2,1-5H3. The number of hydrogen-bond donors (Lipinski definition) is 0. The van der Waals surface area contributed by atoms with E-state index in [4.69, 9.17) is 9.26 Å². The molecule has 6 nitrogen and oxygen atoms in total. The molecule has 4 rings (SSSR count). The minimum absolute atomic E-state index is 0.0185. The number of aryl methyl sites for hydroxylation is 1. The average molecular weight is 570 g/mol. The van der Waals surface area contributed by atoms with Gasteiger partial charge in [-0.15, -0.1) is 0 Å². The number of likely N-dealkylation sites (N-methyl/N-ethyl adjacent to an activating group) is 1. The molecule has 0 spiro atoms. The Morgan fingerprint density at radius 1 is 0.951 bits per heavy atom. The molecule has 4 aromatic rings. The van der Waals surface area contributed by atoms with Gasteiger partial charge in [0.1, 0.15) is 11.4 Å². The third kappa shape index (κ3) is 7.38. The highest BCUT2D eigenvalue weighted by molar-refractivity contribution is 5.75. The fraction of sp³-hybridized carbons (Fsp3) is 0.323. The predicted octanol–water partition coefficient (Wildman–Crippen LogP) is 7.56. The zero-order valence-corrected chi connectivity index (χ0v) is 23.5. The second-order valence-corrected chi connectivity index (χ2v) is 10.8. The highest BCUT2D eigenvalue weighted by Gasteiger charge is 2.35. The third-order valence-electron chi connectivity index (χ3n) is 6.26. The van der Waals surface area contributed by atoms with E-state index in [0.717, 1.165) is 11.6 Å². The van der Waals surface area contributed by atoms with Gasteiger partial charge in [-0.25, -0.2) is 4.39 Å². The molecule has 0 bridgehead atoms. The minimum Gasteiger partial charge on any atom is -0.459 e. The first-order valence-corrected chi connectivity index (χ1v) is 13.1. The second-order valence-electron chi connectivity index (χ2n) is 10.8. The Morgan fingerprint density at radius 3 is 2.32 bits per heavy atom. The number of alkyl halides is 3. The maximum absolute atomic E-state index is 14.9. The van der Waals surface area contributed by atoms with Crippen molar-refractivity contribution >= 4 is 5.97 Å². The van der Waals surface area contributed by atoms with Gasteiger partial charge in [-0.05, 0) is 69.1 Å². The Bertz CT molecular complexity index is 1540. The van der Waals surface area contributed by atoms with E-state index < -0.39 is 29.1 Å². The lowest BCUT2D eigenvalue weighted by Crippen LogP contribution is -2.32. The maximum atomic E-state index is 14.9. The molecule has 0 amide bonds. The van der Waals surface area contributed by atoms with Crippen molar-refractivity contribution in [1.82, 2.24) is 15.0 Å². The molecule has 3 aromatic carbocycles. The highest BCUT2D eigenvalue weighted by atomic mass is 19.4. The van der Waals surface area contributed by atoms with Crippen molar-refractivity contribution in [2.75, 3.05) is 13.6 Å². The summed E-state index contributed by atoms with van der Waals surface area (Å²) >= 11 is 0. The molecule has 0 atom stereocenters. The molecule has 1 aromatic heterocycles. The lowest BCUT2D eigenvalue weighted by atomic mass is 9.92. The summed E-state index contributed by atoms with van der Waals surface area (Å²) < 4.78 is 67.8. The average Bonchev–Trinajstić information content (AvgIpc) is 3.38. The number of carbonyl (C=O) groups is 1. The van der Waals surface area contributed by atoms with Gasteiger partial charge in [0.15, 0.2) is 0 Å². The number of rotatable bonds is 8. The monoisotopic (exact) mass is 569 g/mol. The van der Waals surface area contributed by atoms with Crippen LogP contribution in [0.25, 0.3) is 34.0 Å². The van der Waals surface area contributed by atoms with Crippen molar-refractivity contribution in [3.05, 3.63) is 83.2 Å². The molecule has 10 heteroatoms. The second kappa shape index (κ2) is 11.8. The van der Waals surface area contributed by atoms with Crippen LogP contribution in [0.5, 0.6) is 0 Å². The SMILES string of the molecule is CCc1ccccc1-c1ccc(-c2nc(-c3ccc(CN(C)CC(=O)OC(C)(C)C)c(F)c3)no2)cc1C(F)(F)F. The molecule has 0 saturated heterocycles. The van der Waals surface area contributed by atoms with Crippen LogP contribution in [0.1, 0.15) is 44.4 Å². The van der Waals surface area contributed by atoms with Crippen molar-refractivity contribution in [3.8, 4) is 34.0 Å². The summed E-state index contributed by atoms with van der Waals surface area (Å²) in [5, 5.41) is 3.86. The molecule has 216 valence electrons. The van der Waals surface area contributed by atoms with Crippen LogP contribution in [-0.2, 0) is 28.7 Å². The summed E-state index contributed by atoms with van der Waals surface area (Å²) in [6.45, 7) is 7.32. The van der Waals surface area contributed by atoms with E-state index >= 15 is 0 Å². The van der Waals surface area contributed by atoms with Crippen molar-refractivity contribution in [2.24, 2.45) is 0 Å². The molecule has 0 saturated carbocycles. The first kappa shape index (κ1) is 29.9. The number of halogens is 4.